The van der Waals surface area contributed by atoms with Gasteiger partial charge in [-0.2, -0.15) is 0 Å². The van der Waals surface area contributed by atoms with Crippen LogP contribution in [0.5, 0.6) is 0 Å². The molecule has 0 aliphatic carbocycles. The van der Waals surface area contributed by atoms with Crippen LogP contribution in [0.15, 0.2) is 24.3 Å². The van der Waals surface area contributed by atoms with Crippen LogP contribution in [0.1, 0.15) is 50.4 Å². The zero-order valence-electron chi connectivity index (χ0n) is 14.2. The highest BCUT2D eigenvalue weighted by molar-refractivity contribution is 8.01. The van der Waals surface area contributed by atoms with Crippen LogP contribution in [0.2, 0.25) is 0 Å². The Bertz CT molecular complexity index is 560. The summed E-state index contributed by atoms with van der Waals surface area (Å²) in [7, 11) is 0. The lowest BCUT2D eigenvalue weighted by Gasteiger charge is -2.27. The Balaban J connectivity index is 2.05. The quantitative estimate of drug-likeness (QED) is 0.911. The van der Waals surface area contributed by atoms with E-state index in [2.05, 4.69) is 26.1 Å². The molecule has 126 valence electrons. The molecule has 1 aromatic carbocycles. The zero-order valence-corrected chi connectivity index (χ0v) is 15.0. The van der Waals surface area contributed by atoms with E-state index in [1.807, 2.05) is 17.0 Å². The normalized spacial score (nSPS) is 15.3. The van der Waals surface area contributed by atoms with E-state index in [9.17, 15) is 9.59 Å². The van der Waals surface area contributed by atoms with Crippen LogP contribution in [0, 0.1) is 0 Å². The third kappa shape index (κ3) is 5.57. The molecule has 1 aliphatic rings. The van der Waals surface area contributed by atoms with Gasteiger partial charge < -0.3 is 10.2 Å². The Hall–Kier alpha value is -1.49. The molecule has 1 aliphatic heterocycles. The van der Waals surface area contributed by atoms with Gasteiger partial charge in [0.15, 0.2) is 0 Å². The van der Waals surface area contributed by atoms with E-state index in [0.717, 1.165) is 25.9 Å². The van der Waals surface area contributed by atoms with Gasteiger partial charge in [-0.15, -0.1) is 11.8 Å². The number of hydrogen-bond acceptors (Lipinski definition) is 3. The standard InChI is InChI=1S/C18H26N2O2S/c1-18(2,3)23-13-16(21)19-15-10-6-5-9-14(15)17(22)20-11-7-4-8-12-20/h5-6,9-10H,4,7-8,11-13H2,1-3H3,(H,19,21). The van der Waals surface area contributed by atoms with Crippen molar-refractivity contribution in [3.05, 3.63) is 29.8 Å². The van der Waals surface area contributed by atoms with E-state index < -0.39 is 0 Å². The first kappa shape index (κ1) is 17.9. The average Bonchev–Trinajstić information content (AvgIpc) is 2.53. The molecule has 0 saturated carbocycles. The molecule has 0 radical (unpaired) electrons. The molecule has 2 amide bonds. The third-order valence-electron chi connectivity index (χ3n) is 3.71. The topological polar surface area (TPSA) is 49.4 Å². The molecule has 5 heteroatoms. The Morgan fingerprint density at radius 2 is 1.78 bits per heavy atom. The molecule has 1 fully saturated rings. The van der Waals surface area contributed by atoms with Gasteiger partial charge in [0, 0.05) is 17.8 Å². The number of para-hydroxylation sites is 1. The minimum absolute atomic E-state index is 0.0177. The summed E-state index contributed by atoms with van der Waals surface area (Å²) in [6, 6.07) is 7.29. The number of carbonyl (C=O) groups is 2. The summed E-state index contributed by atoms with van der Waals surface area (Å²) in [4.78, 5) is 26.7. The average molecular weight is 334 g/mol. The molecule has 0 spiro atoms. The fourth-order valence-corrected chi connectivity index (χ4v) is 3.15. The summed E-state index contributed by atoms with van der Waals surface area (Å²) in [6.07, 6.45) is 3.30. The highest BCUT2D eigenvalue weighted by atomic mass is 32.2. The first-order valence-corrected chi connectivity index (χ1v) is 9.17. The maximum absolute atomic E-state index is 12.7. The van der Waals surface area contributed by atoms with Crippen LogP contribution in [0.4, 0.5) is 5.69 Å². The molecule has 0 aromatic heterocycles. The lowest BCUT2D eigenvalue weighted by Crippen LogP contribution is -2.36. The monoisotopic (exact) mass is 334 g/mol. The predicted octanol–water partition coefficient (Wildman–Crippen LogP) is 3.78. The summed E-state index contributed by atoms with van der Waals surface area (Å²) < 4.78 is 0.0421. The molecule has 0 bridgehead atoms. The van der Waals surface area contributed by atoms with Gasteiger partial charge in [0.05, 0.1) is 17.0 Å². The fourth-order valence-electron chi connectivity index (χ4n) is 2.51. The van der Waals surface area contributed by atoms with E-state index in [1.54, 1.807) is 23.9 Å². The lowest BCUT2D eigenvalue weighted by molar-refractivity contribution is -0.113. The van der Waals surface area contributed by atoms with Crippen molar-refractivity contribution in [2.75, 3.05) is 24.2 Å². The van der Waals surface area contributed by atoms with E-state index >= 15 is 0 Å². The number of rotatable bonds is 4. The molecule has 1 N–H and O–H groups in total. The highest BCUT2D eigenvalue weighted by Crippen LogP contribution is 2.24. The number of hydrogen-bond donors (Lipinski definition) is 1. The van der Waals surface area contributed by atoms with Crippen LogP contribution in [0.3, 0.4) is 0 Å². The number of amides is 2. The molecule has 1 heterocycles. The number of nitrogens with zero attached hydrogens (tertiary/aromatic N) is 1. The minimum atomic E-state index is -0.0659. The van der Waals surface area contributed by atoms with E-state index in [0.29, 0.717) is 17.0 Å². The Labute approximate surface area is 143 Å². The van der Waals surface area contributed by atoms with E-state index in [4.69, 9.17) is 0 Å². The molecule has 23 heavy (non-hydrogen) atoms. The summed E-state index contributed by atoms with van der Waals surface area (Å²) >= 11 is 1.60. The molecular weight excluding hydrogens is 308 g/mol. The maximum Gasteiger partial charge on any atom is 0.255 e. The van der Waals surface area contributed by atoms with Gasteiger partial charge in [0.1, 0.15) is 0 Å². The van der Waals surface area contributed by atoms with Crippen molar-refractivity contribution >= 4 is 29.3 Å². The number of carbonyl (C=O) groups excluding carboxylic acids is 2. The molecule has 1 saturated heterocycles. The zero-order chi connectivity index (χ0) is 16.9. The molecular formula is C18H26N2O2S. The van der Waals surface area contributed by atoms with E-state index in [1.165, 1.54) is 6.42 Å². The molecule has 0 atom stereocenters. The second kappa shape index (κ2) is 7.86. The number of anilines is 1. The Kier molecular flexibility index (Phi) is 6.10. The van der Waals surface area contributed by atoms with Crippen molar-refractivity contribution in [1.82, 2.24) is 4.90 Å². The van der Waals surface area contributed by atoms with Crippen molar-refractivity contribution in [3.8, 4) is 0 Å². The van der Waals surface area contributed by atoms with Gasteiger partial charge in [-0.3, -0.25) is 9.59 Å². The van der Waals surface area contributed by atoms with Gasteiger partial charge in [0.2, 0.25) is 5.91 Å². The molecule has 1 aromatic rings. The number of thioether (sulfide) groups is 1. The van der Waals surface area contributed by atoms with Gasteiger partial charge in [0.25, 0.3) is 5.91 Å². The van der Waals surface area contributed by atoms with Gasteiger partial charge >= 0.3 is 0 Å². The van der Waals surface area contributed by atoms with Gasteiger partial charge in [-0.25, -0.2) is 0 Å². The number of benzene rings is 1. The largest absolute Gasteiger partial charge is 0.339 e. The van der Waals surface area contributed by atoms with Crippen LogP contribution < -0.4 is 5.32 Å². The number of piperidine rings is 1. The first-order chi connectivity index (χ1) is 10.9. The molecule has 0 unspecified atom stereocenters. The predicted molar refractivity (Wildman–Crippen MR) is 97.0 cm³/mol. The second-order valence-electron chi connectivity index (χ2n) is 6.85. The van der Waals surface area contributed by atoms with Gasteiger partial charge in [-0.1, -0.05) is 32.9 Å². The lowest BCUT2D eigenvalue weighted by atomic mass is 10.1. The van der Waals surface area contributed by atoms with Crippen molar-refractivity contribution in [1.29, 1.82) is 0 Å². The SMILES string of the molecule is CC(C)(C)SCC(=O)Nc1ccccc1C(=O)N1CCCCC1. The highest BCUT2D eigenvalue weighted by Gasteiger charge is 2.21. The molecule has 2 rings (SSSR count). The Morgan fingerprint density at radius 3 is 2.43 bits per heavy atom. The third-order valence-corrected chi connectivity index (χ3v) is 4.98. The Morgan fingerprint density at radius 1 is 1.13 bits per heavy atom. The van der Waals surface area contributed by atoms with Crippen LogP contribution in [0.25, 0.3) is 0 Å². The molecule has 4 nitrogen and oxygen atoms in total. The van der Waals surface area contributed by atoms with Crippen molar-refractivity contribution in [3.63, 3.8) is 0 Å². The first-order valence-electron chi connectivity index (χ1n) is 8.19. The second-order valence-corrected chi connectivity index (χ2v) is 8.65. The van der Waals surface area contributed by atoms with Crippen LogP contribution in [-0.2, 0) is 4.79 Å². The van der Waals surface area contributed by atoms with Crippen LogP contribution in [-0.4, -0.2) is 40.3 Å². The van der Waals surface area contributed by atoms with Gasteiger partial charge in [-0.05, 0) is 31.4 Å². The minimum Gasteiger partial charge on any atom is -0.339 e. The van der Waals surface area contributed by atoms with Crippen molar-refractivity contribution in [2.45, 2.75) is 44.8 Å². The number of nitrogens with one attached hydrogen (secondary N) is 1. The summed E-state index contributed by atoms with van der Waals surface area (Å²) in [5, 5.41) is 2.90. The van der Waals surface area contributed by atoms with Crippen LogP contribution >= 0.6 is 11.8 Å². The summed E-state index contributed by atoms with van der Waals surface area (Å²) in [6.45, 7) is 7.86. The van der Waals surface area contributed by atoms with Crippen molar-refractivity contribution in [2.24, 2.45) is 0 Å². The fraction of sp³-hybridized carbons (Fsp3) is 0.556. The summed E-state index contributed by atoms with van der Waals surface area (Å²) in [5.41, 5.74) is 1.20. The van der Waals surface area contributed by atoms with E-state index in [-0.39, 0.29) is 16.6 Å². The maximum atomic E-state index is 12.7. The smallest absolute Gasteiger partial charge is 0.255 e. The summed E-state index contributed by atoms with van der Waals surface area (Å²) in [5.74, 6) is 0.336. The van der Waals surface area contributed by atoms with Crippen molar-refractivity contribution < 1.29 is 9.59 Å². The number of likely N-dealkylation sites (tertiary alicyclic amines) is 1.